The van der Waals surface area contributed by atoms with Gasteiger partial charge in [-0.25, -0.2) is 0 Å². The zero-order valence-electron chi connectivity index (χ0n) is 10.2. The summed E-state index contributed by atoms with van der Waals surface area (Å²) >= 11 is 0. The lowest BCUT2D eigenvalue weighted by atomic mass is 10.1. The average Bonchev–Trinajstić information content (AvgIpc) is 2.74. The number of rotatable bonds is 4. The Bertz CT molecular complexity index is 650. The molecular formula is C11H10N4O4. The molecule has 19 heavy (non-hydrogen) atoms. The molecule has 8 heteroatoms. The van der Waals surface area contributed by atoms with Crippen molar-refractivity contribution in [3.8, 4) is 11.8 Å². The van der Waals surface area contributed by atoms with Gasteiger partial charge in [0.1, 0.15) is 12.1 Å². The first-order valence-electron chi connectivity index (χ1n) is 5.30. The van der Waals surface area contributed by atoms with Gasteiger partial charge in [-0.1, -0.05) is 0 Å². The van der Waals surface area contributed by atoms with Crippen molar-refractivity contribution in [2.45, 2.75) is 6.92 Å². The molecular weight excluding hydrogens is 252 g/mol. The molecule has 2 aromatic rings. The fraction of sp³-hybridized carbons (Fsp3) is 0.182. The van der Waals surface area contributed by atoms with Gasteiger partial charge < -0.3 is 4.74 Å². The van der Waals surface area contributed by atoms with Crippen molar-refractivity contribution in [3.63, 3.8) is 0 Å². The van der Waals surface area contributed by atoms with E-state index in [4.69, 9.17) is 4.74 Å². The van der Waals surface area contributed by atoms with E-state index in [2.05, 4.69) is 10.1 Å². The highest BCUT2D eigenvalue weighted by Gasteiger charge is 2.19. The predicted molar refractivity (Wildman–Crippen MR) is 64.2 cm³/mol. The quantitative estimate of drug-likeness (QED) is 0.472. The number of nitrogens with zero attached hydrogens (tertiary/aromatic N) is 4. The molecule has 0 atom stereocenters. The van der Waals surface area contributed by atoms with Crippen LogP contribution < -0.4 is 4.74 Å². The van der Waals surface area contributed by atoms with Gasteiger partial charge in [-0.05, 0) is 19.1 Å². The molecule has 0 bridgehead atoms. The number of ketones is 1. The third-order valence-corrected chi connectivity index (χ3v) is 2.33. The Hall–Kier alpha value is -2.77. The van der Waals surface area contributed by atoms with Gasteiger partial charge in [0.05, 0.1) is 16.6 Å². The molecule has 1 aromatic heterocycles. The van der Waals surface area contributed by atoms with E-state index in [9.17, 15) is 14.9 Å². The minimum atomic E-state index is -0.630. The Morgan fingerprint density at radius 3 is 2.74 bits per heavy atom. The standard InChI is InChI=1S/C11H10N4O4/c1-7(16)9-4-3-8(5-10(9)15(17)18)19-11-12-6-14(2)13-11/h3-6H,1-2H3. The summed E-state index contributed by atoms with van der Waals surface area (Å²) in [4.78, 5) is 25.4. The van der Waals surface area contributed by atoms with Crippen LogP contribution in [0, 0.1) is 10.1 Å². The van der Waals surface area contributed by atoms with Crippen LogP contribution in [0.15, 0.2) is 24.5 Å². The maximum atomic E-state index is 11.3. The number of hydrogen-bond acceptors (Lipinski definition) is 6. The summed E-state index contributed by atoms with van der Waals surface area (Å²) in [7, 11) is 1.67. The van der Waals surface area contributed by atoms with E-state index < -0.39 is 4.92 Å². The van der Waals surface area contributed by atoms with Gasteiger partial charge in [0.25, 0.3) is 5.69 Å². The summed E-state index contributed by atoms with van der Waals surface area (Å²) in [5, 5.41) is 14.8. The van der Waals surface area contributed by atoms with Crippen molar-refractivity contribution < 1.29 is 14.5 Å². The first kappa shape index (κ1) is 12.7. The van der Waals surface area contributed by atoms with Gasteiger partial charge >= 0.3 is 6.01 Å². The van der Waals surface area contributed by atoms with Gasteiger partial charge in [-0.15, -0.1) is 5.10 Å². The summed E-state index contributed by atoms with van der Waals surface area (Å²) in [6.45, 7) is 1.27. The van der Waals surface area contributed by atoms with Crippen LogP contribution >= 0.6 is 0 Å². The molecule has 0 saturated heterocycles. The second-order valence-electron chi connectivity index (χ2n) is 3.80. The van der Waals surface area contributed by atoms with Crippen molar-refractivity contribution in [3.05, 3.63) is 40.2 Å². The number of ether oxygens (including phenoxy) is 1. The Kier molecular flexibility index (Phi) is 3.23. The topological polar surface area (TPSA) is 100 Å². The number of nitro groups is 1. The Morgan fingerprint density at radius 2 is 2.21 bits per heavy atom. The van der Waals surface area contributed by atoms with Gasteiger partial charge in [0.15, 0.2) is 5.78 Å². The molecule has 8 nitrogen and oxygen atoms in total. The summed E-state index contributed by atoms with van der Waals surface area (Å²) in [6.07, 6.45) is 1.44. The number of aryl methyl sites for hydroxylation is 1. The number of nitro benzene ring substituents is 1. The second kappa shape index (κ2) is 4.84. The maximum Gasteiger partial charge on any atom is 0.340 e. The van der Waals surface area contributed by atoms with Crippen LogP contribution in [0.3, 0.4) is 0 Å². The highest BCUT2D eigenvalue weighted by Crippen LogP contribution is 2.27. The fourth-order valence-corrected chi connectivity index (χ4v) is 1.50. The zero-order chi connectivity index (χ0) is 14.0. The summed E-state index contributed by atoms with van der Waals surface area (Å²) in [6, 6.07) is 4.05. The molecule has 2 rings (SSSR count). The van der Waals surface area contributed by atoms with E-state index in [1.807, 2.05) is 0 Å². The van der Waals surface area contributed by atoms with E-state index in [-0.39, 0.29) is 28.8 Å². The van der Waals surface area contributed by atoms with Crippen molar-refractivity contribution in [2.75, 3.05) is 0 Å². The van der Waals surface area contributed by atoms with Crippen LogP contribution in [0.5, 0.6) is 11.8 Å². The van der Waals surface area contributed by atoms with Crippen LogP contribution in [0.1, 0.15) is 17.3 Å². The van der Waals surface area contributed by atoms with Crippen LogP contribution in [0.4, 0.5) is 5.69 Å². The van der Waals surface area contributed by atoms with Crippen molar-refractivity contribution in [1.82, 2.24) is 14.8 Å². The van der Waals surface area contributed by atoms with Crippen molar-refractivity contribution in [2.24, 2.45) is 7.05 Å². The van der Waals surface area contributed by atoms with E-state index >= 15 is 0 Å². The molecule has 0 fully saturated rings. The lowest BCUT2D eigenvalue weighted by Crippen LogP contribution is -2.00. The van der Waals surface area contributed by atoms with Crippen molar-refractivity contribution in [1.29, 1.82) is 0 Å². The molecule has 0 aliphatic carbocycles. The van der Waals surface area contributed by atoms with Gasteiger partial charge in [0.2, 0.25) is 0 Å². The van der Waals surface area contributed by atoms with Gasteiger partial charge in [0, 0.05) is 7.05 Å². The zero-order valence-corrected chi connectivity index (χ0v) is 10.2. The third kappa shape index (κ3) is 2.73. The minimum absolute atomic E-state index is 0.0336. The monoisotopic (exact) mass is 262 g/mol. The molecule has 1 aromatic carbocycles. The second-order valence-corrected chi connectivity index (χ2v) is 3.80. The van der Waals surface area contributed by atoms with E-state index in [0.717, 1.165) is 0 Å². The first-order valence-corrected chi connectivity index (χ1v) is 5.30. The number of aromatic nitrogens is 3. The first-order chi connectivity index (χ1) is 8.97. The molecule has 0 amide bonds. The number of carbonyl (C=O) groups excluding carboxylic acids is 1. The maximum absolute atomic E-state index is 11.3. The molecule has 0 saturated carbocycles. The average molecular weight is 262 g/mol. The third-order valence-electron chi connectivity index (χ3n) is 2.33. The molecule has 0 spiro atoms. The largest absolute Gasteiger partial charge is 0.423 e. The van der Waals surface area contributed by atoms with Crippen LogP contribution in [-0.4, -0.2) is 25.5 Å². The number of benzene rings is 1. The molecule has 98 valence electrons. The lowest BCUT2D eigenvalue weighted by molar-refractivity contribution is -0.385. The SMILES string of the molecule is CC(=O)c1ccc(Oc2ncn(C)n2)cc1[N+](=O)[O-]. The van der Waals surface area contributed by atoms with E-state index in [0.29, 0.717) is 0 Å². The van der Waals surface area contributed by atoms with Crippen LogP contribution in [0.25, 0.3) is 0 Å². The number of hydrogen-bond donors (Lipinski definition) is 0. The molecule has 0 aliphatic rings. The molecule has 0 radical (unpaired) electrons. The lowest BCUT2D eigenvalue weighted by Gasteiger charge is -2.03. The molecule has 0 unspecified atom stereocenters. The van der Waals surface area contributed by atoms with Gasteiger partial charge in [-0.3, -0.25) is 19.6 Å². The molecule has 1 heterocycles. The predicted octanol–water partition coefficient (Wildman–Crippen LogP) is 1.72. The summed E-state index contributed by atoms with van der Waals surface area (Å²) in [5.41, 5.74) is -0.271. The van der Waals surface area contributed by atoms with E-state index in [1.165, 1.54) is 36.1 Å². The highest BCUT2D eigenvalue weighted by molar-refractivity contribution is 5.98. The fourth-order valence-electron chi connectivity index (χ4n) is 1.50. The highest BCUT2D eigenvalue weighted by atomic mass is 16.6. The summed E-state index contributed by atoms with van der Waals surface area (Å²) < 4.78 is 6.70. The molecule has 0 aliphatic heterocycles. The van der Waals surface area contributed by atoms with Crippen LogP contribution in [0.2, 0.25) is 0 Å². The Labute approximate surface area is 107 Å². The molecule has 0 N–H and O–H groups in total. The number of Topliss-reactive ketones (excluding diaryl/α,β-unsaturated/α-hetero) is 1. The minimum Gasteiger partial charge on any atom is -0.423 e. The van der Waals surface area contributed by atoms with Crippen LogP contribution in [-0.2, 0) is 7.05 Å². The van der Waals surface area contributed by atoms with Gasteiger partial charge in [-0.2, -0.15) is 4.98 Å². The normalized spacial score (nSPS) is 10.2. The Morgan fingerprint density at radius 1 is 1.47 bits per heavy atom. The van der Waals surface area contributed by atoms with Crippen molar-refractivity contribution >= 4 is 11.5 Å². The number of carbonyl (C=O) groups is 1. The summed E-state index contributed by atoms with van der Waals surface area (Å²) in [5.74, 6) is -0.183. The smallest absolute Gasteiger partial charge is 0.340 e. The van der Waals surface area contributed by atoms with E-state index in [1.54, 1.807) is 7.05 Å². The Balaban J connectivity index is 2.35.